The van der Waals surface area contributed by atoms with Gasteiger partial charge in [-0.25, -0.2) is 19.1 Å². The number of halogens is 1. The fourth-order valence-corrected chi connectivity index (χ4v) is 10.4. The average Bonchev–Trinajstić information content (AvgIpc) is 3.82. The maximum Gasteiger partial charge on any atom is 0.339 e. The number of nitrogens with one attached hydrogen (secondary N) is 1. The lowest BCUT2D eigenvalue weighted by molar-refractivity contribution is -0.135. The predicted octanol–water partition coefficient (Wildman–Crippen LogP) is 7.07. The van der Waals surface area contributed by atoms with Gasteiger partial charge < -0.3 is 29.5 Å². The monoisotopic (exact) mass is 992 g/mol. The molecule has 2 aromatic heterocycles. The van der Waals surface area contributed by atoms with Gasteiger partial charge in [0.05, 0.1) is 28.4 Å². The van der Waals surface area contributed by atoms with Gasteiger partial charge in [-0.05, 0) is 129 Å². The molecule has 3 amide bonds. The number of carbonyl (C=O) groups is 4. The fourth-order valence-electron chi connectivity index (χ4n) is 10.4. The Morgan fingerprint density at radius 3 is 2.22 bits per heavy atom. The van der Waals surface area contributed by atoms with Gasteiger partial charge in [-0.3, -0.25) is 19.1 Å². The number of piperazine rings is 1. The van der Waals surface area contributed by atoms with Gasteiger partial charge in [0.15, 0.2) is 13.5 Å². The quantitative estimate of drug-likeness (QED) is 0.0940. The second-order valence-electron chi connectivity index (χ2n) is 18.9. The number of rotatable bonds is 13. The van der Waals surface area contributed by atoms with Gasteiger partial charge in [0, 0.05) is 68.2 Å². The Morgan fingerprint density at radius 2 is 1.50 bits per heavy atom. The van der Waals surface area contributed by atoms with Crippen LogP contribution in [0.4, 0.5) is 4.79 Å². The molecule has 1 N–H and O–H groups in total. The summed E-state index contributed by atoms with van der Waals surface area (Å²) in [5.41, 5.74) is 5.58. The van der Waals surface area contributed by atoms with Crippen molar-refractivity contribution in [3.63, 3.8) is 0 Å². The summed E-state index contributed by atoms with van der Waals surface area (Å²) >= 11 is 0. The van der Waals surface area contributed by atoms with Crippen LogP contribution >= 0.6 is 12.4 Å². The first-order chi connectivity index (χ1) is 34.5. The third-order valence-corrected chi connectivity index (χ3v) is 14.4. The molecule has 3 aliphatic rings. The Hall–Kier alpha value is -7.25. The molecule has 0 spiro atoms. The van der Waals surface area contributed by atoms with Crippen molar-refractivity contribution in [3.8, 4) is 12.3 Å². The zero-order valence-electron chi connectivity index (χ0n) is 40.8. The largest absolute Gasteiger partial charge is 0.440 e. The van der Waals surface area contributed by atoms with Gasteiger partial charge in [-0.1, -0.05) is 61.0 Å². The summed E-state index contributed by atoms with van der Waals surface area (Å²) in [6, 6.07) is 26.4. The van der Waals surface area contributed by atoms with Crippen molar-refractivity contribution in [2.45, 2.75) is 70.5 Å². The lowest BCUT2D eigenvalue weighted by Crippen LogP contribution is -2.59. The van der Waals surface area contributed by atoms with Crippen molar-refractivity contribution in [1.29, 1.82) is 0 Å². The van der Waals surface area contributed by atoms with E-state index in [1.54, 1.807) is 64.3 Å². The number of carbonyl (C=O) groups excluding carboxylic acids is 4. The summed E-state index contributed by atoms with van der Waals surface area (Å²) in [6.45, 7) is 10.9. The van der Waals surface area contributed by atoms with Crippen molar-refractivity contribution < 1.29 is 28.7 Å². The van der Waals surface area contributed by atoms with Gasteiger partial charge >= 0.3 is 18.0 Å². The molecule has 1 atom stereocenters. The highest BCUT2D eigenvalue weighted by Gasteiger charge is 2.34. The third-order valence-electron chi connectivity index (χ3n) is 14.4. The van der Waals surface area contributed by atoms with E-state index >= 15 is 0 Å². The normalized spacial score (nSPS) is 16.4. The number of urea groups is 1. The minimum Gasteiger partial charge on any atom is -0.440 e. The number of benzene rings is 4. The number of likely N-dealkylation sites (tertiary alicyclic amines) is 2. The van der Waals surface area contributed by atoms with E-state index in [1.165, 1.54) is 4.57 Å². The first kappa shape index (κ1) is 51.1. The molecule has 0 aliphatic carbocycles. The van der Waals surface area contributed by atoms with Crippen molar-refractivity contribution in [3.05, 3.63) is 153 Å². The van der Waals surface area contributed by atoms with E-state index in [9.17, 15) is 24.0 Å². The second kappa shape index (κ2) is 22.9. The van der Waals surface area contributed by atoms with E-state index in [-0.39, 0.29) is 55.7 Å². The van der Waals surface area contributed by atoms with Crippen molar-refractivity contribution >= 4 is 64.2 Å². The van der Waals surface area contributed by atoms with Gasteiger partial charge in [-0.15, -0.1) is 18.8 Å². The van der Waals surface area contributed by atoms with Gasteiger partial charge in [0.1, 0.15) is 6.04 Å². The molecule has 0 radical (unpaired) electrons. The Kier molecular flexibility index (Phi) is 16.2. The number of piperidine rings is 2. The Morgan fingerprint density at radius 1 is 0.806 bits per heavy atom. The maximum atomic E-state index is 14.6. The van der Waals surface area contributed by atoms with E-state index in [0.29, 0.717) is 72.8 Å². The van der Waals surface area contributed by atoms with Crippen LogP contribution in [0.1, 0.15) is 80.1 Å². The summed E-state index contributed by atoms with van der Waals surface area (Å²) < 4.78 is 14.5. The number of ether oxygens (including phenoxy) is 2. The smallest absolute Gasteiger partial charge is 0.339 e. The Balaban J connectivity index is 0.00000693. The van der Waals surface area contributed by atoms with E-state index in [2.05, 4.69) is 39.8 Å². The highest BCUT2D eigenvalue weighted by atomic mass is 35.5. The standard InChI is InChI=1S/C56H60N8O7.ClH/c1-5-39-11-9-14-44(30-39)54(67)70-36-63-50-16-8-7-13-43(50)34-48(52(63)65)42-17-23-62(24-18-42)56(69)58-49(53(66)61-27-25-60(26-28-61)47-19-21-59(4)22-20-47)33-41-29-38(3)51-46(32-41)35-57-64(51)37-71-55(68)45-15-10-12-40(6-2)31-45;/h2,5,7-16,29-32,34-35,42,47,49H,1,17-28,33,36-37H2,3-4H3,(H,58,69);1H/t49-;/m1./s1. The molecule has 0 bridgehead atoms. The first-order valence-corrected chi connectivity index (χ1v) is 24.4. The second-order valence-corrected chi connectivity index (χ2v) is 18.9. The van der Waals surface area contributed by atoms with Gasteiger partial charge in [-0.2, -0.15) is 5.10 Å². The number of hydrogen-bond donors (Lipinski definition) is 1. The summed E-state index contributed by atoms with van der Waals surface area (Å²) in [5, 5.41) is 9.34. The molecule has 16 heteroatoms. The number of nitrogens with zero attached hydrogens (tertiary/aromatic N) is 7. The minimum absolute atomic E-state index is 0. The topological polar surface area (TPSA) is 152 Å². The van der Waals surface area contributed by atoms with Crippen molar-refractivity contribution in [2.75, 3.05) is 59.4 Å². The van der Waals surface area contributed by atoms with E-state index in [0.717, 1.165) is 72.0 Å². The van der Waals surface area contributed by atoms with Crippen LogP contribution in [0.15, 0.2) is 109 Å². The summed E-state index contributed by atoms with van der Waals surface area (Å²) in [5.74, 6) is 1.18. The number of amides is 3. The number of hydrogen-bond acceptors (Lipinski definition) is 10. The Labute approximate surface area is 425 Å². The molecule has 5 heterocycles. The van der Waals surface area contributed by atoms with E-state index in [4.69, 9.17) is 15.9 Å². The molecule has 374 valence electrons. The predicted molar refractivity (Wildman–Crippen MR) is 280 cm³/mol. The lowest BCUT2D eigenvalue weighted by atomic mass is 9.89. The maximum absolute atomic E-state index is 14.6. The van der Waals surface area contributed by atoms with Crippen molar-refractivity contribution in [2.24, 2.45) is 0 Å². The molecule has 3 fully saturated rings. The number of terminal acetylenes is 1. The molecule has 0 unspecified atom stereocenters. The molecule has 9 rings (SSSR count). The minimum atomic E-state index is -0.851. The molecule has 3 saturated heterocycles. The van der Waals surface area contributed by atoms with Crippen LogP contribution in [-0.4, -0.2) is 129 Å². The van der Waals surface area contributed by atoms with Crippen LogP contribution < -0.4 is 10.9 Å². The molecule has 6 aromatic rings. The van der Waals surface area contributed by atoms with E-state index in [1.807, 2.05) is 60.4 Å². The fraction of sp³-hybridized carbons (Fsp3) is 0.357. The van der Waals surface area contributed by atoms with Crippen LogP contribution in [0.3, 0.4) is 0 Å². The molecule has 3 aliphatic heterocycles. The number of para-hydroxylation sites is 1. The molecule has 15 nitrogen and oxygen atoms in total. The molecule has 0 saturated carbocycles. The Bertz CT molecular complexity index is 3080. The SMILES string of the molecule is C#Cc1cccc(C(=O)OCn2ncc3cc(C[C@@H](NC(=O)N4CCC(c5cc6ccccc6n(COC(=O)c6cccc(C=C)c6)c5=O)CC4)C(=O)N4CCN(C5CCN(C)CC5)CC4)cc(C)c32)c1.Cl. The van der Waals surface area contributed by atoms with Crippen LogP contribution in [0.25, 0.3) is 27.9 Å². The van der Waals surface area contributed by atoms with Crippen LogP contribution in [0.2, 0.25) is 0 Å². The summed E-state index contributed by atoms with van der Waals surface area (Å²) in [7, 11) is 2.16. The van der Waals surface area contributed by atoms with Crippen LogP contribution in [-0.2, 0) is 34.2 Å². The number of esters is 2. The number of aryl methyl sites for hydroxylation is 1. The zero-order chi connectivity index (χ0) is 49.6. The van der Waals surface area contributed by atoms with Crippen molar-refractivity contribution in [1.82, 2.24) is 39.3 Å². The highest BCUT2D eigenvalue weighted by molar-refractivity contribution is 5.91. The number of aromatic nitrogens is 3. The number of fused-ring (bicyclic) bond motifs is 2. The third kappa shape index (κ3) is 11.4. The zero-order valence-corrected chi connectivity index (χ0v) is 41.7. The first-order valence-electron chi connectivity index (χ1n) is 24.4. The van der Waals surface area contributed by atoms with Crippen LogP contribution in [0.5, 0.6) is 0 Å². The van der Waals surface area contributed by atoms with Crippen LogP contribution in [0, 0.1) is 19.3 Å². The van der Waals surface area contributed by atoms with Gasteiger partial charge in [0.2, 0.25) is 5.91 Å². The molecule has 72 heavy (non-hydrogen) atoms. The molecule has 4 aromatic carbocycles. The lowest BCUT2D eigenvalue weighted by Gasteiger charge is -2.43. The molecular weight excluding hydrogens is 932 g/mol. The average molecular weight is 994 g/mol. The summed E-state index contributed by atoms with van der Waals surface area (Å²) in [6.07, 6.45) is 12.4. The number of pyridine rings is 1. The highest BCUT2D eigenvalue weighted by Crippen LogP contribution is 2.29. The van der Waals surface area contributed by atoms with Gasteiger partial charge in [0.25, 0.3) is 5.56 Å². The molecular formula is C56H61ClN8O7. The summed E-state index contributed by atoms with van der Waals surface area (Å²) in [4.78, 5) is 77.7. The van der Waals surface area contributed by atoms with E-state index < -0.39 is 18.0 Å².